The number of ether oxygens (including phenoxy) is 2. The van der Waals surface area contributed by atoms with Crippen molar-refractivity contribution in [2.24, 2.45) is 0 Å². The van der Waals surface area contributed by atoms with Gasteiger partial charge in [0.2, 0.25) is 0 Å². The fraction of sp³-hybridized carbons (Fsp3) is 0.160. The summed E-state index contributed by atoms with van der Waals surface area (Å²) in [6.07, 6.45) is 3.27. The maximum Gasteiger partial charge on any atom is 0.185 e. The van der Waals surface area contributed by atoms with Gasteiger partial charge in [-0.2, -0.15) is 0 Å². The number of aryl methyl sites for hydroxylation is 2. The van der Waals surface area contributed by atoms with Crippen molar-refractivity contribution in [2.45, 2.75) is 20.5 Å². The van der Waals surface area contributed by atoms with Gasteiger partial charge < -0.3 is 9.47 Å². The molecule has 0 spiro atoms. The summed E-state index contributed by atoms with van der Waals surface area (Å²) in [6, 6.07) is 16.6. The van der Waals surface area contributed by atoms with Gasteiger partial charge in [-0.15, -0.1) is 0 Å². The van der Waals surface area contributed by atoms with Crippen molar-refractivity contribution in [1.82, 2.24) is 0 Å². The minimum absolute atomic E-state index is 0.155. The van der Waals surface area contributed by atoms with Gasteiger partial charge in [-0.05, 0) is 73.0 Å². The Morgan fingerprint density at radius 2 is 1.73 bits per heavy atom. The van der Waals surface area contributed by atoms with Gasteiger partial charge in [-0.1, -0.05) is 47.5 Å². The predicted octanol–water partition coefficient (Wildman–Crippen LogP) is 7.09. The fourth-order valence-corrected chi connectivity index (χ4v) is 3.25. The lowest BCUT2D eigenvalue weighted by molar-refractivity contribution is 0.104. The maximum atomic E-state index is 12.4. The molecule has 0 aliphatic carbocycles. The van der Waals surface area contributed by atoms with E-state index in [1.165, 1.54) is 6.08 Å². The van der Waals surface area contributed by atoms with E-state index in [1.807, 2.05) is 44.2 Å². The lowest BCUT2D eigenvalue weighted by Crippen LogP contribution is -2.01. The van der Waals surface area contributed by atoms with Crippen molar-refractivity contribution < 1.29 is 14.3 Å². The first-order valence-electron chi connectivity index (χ1n) is 9.42. The molecule has 0 aliphatic heterocycles. The van der Waals surface area contributed by atoms with Gasteiger partial charge in [0.1, 0.15) is 18.1 Å². The van der Waals surface area contributed by atoms with E-state index in [4.69, 9.17) is 32.7 Å². The van der Waals surface area contributed by atoms with E-state index in [-0.39, 0.29) is 5.78 Å². The molecule has 3 aromatic carbocycles. The van der Waals surface area contributed by atoms with Crippen LogP contribution >= 0.6 is 23.2 Å². The molecule has 3 nitrogen and oxygen atoms in total. The highest BCUT2D eigenvalue weighted by Gasteiger charge is 2.08. The maximum absolute atomic E-state index is 12.4. The van der Waals surface area contributed by atoms with Gasteiger partial charge in [0, 0.05) is 11.1 Å². The van der Waals surface area contributed by atoms with E-state index in [0.717, 1.165) is 33.8 Å². The average Bonchev–Trinajstić information content (AvgIpc) is 2.74. The lowest BCUT2D eigenvalue weighted by Gasteiger charge is -2.13. The zero-order valence-corrected chi connectivity index (χ0v) is 18.6. The third-order valence-electron chi connectivity index (χ3n) is 4.66. The highest BCUT2D eigenvalue weighted by atomic mass is 35.5. The molecule has 0 aliphatic rings. The van der Waals surface area contributed by atoms with Crippen LogP contribution < -0.4 is 9.47 Å². The summed E-state index contributed by atoms with van der Waals surface area (Å²) in [4.78, 5) is 12.4. The minimum Gasteiger partial charge on any atom is -0.496 e. The first-order valence-corrected chi connectivity index (χ1v) is 10.2. The second-order valence-corrected chi connectivity index (χ2v) is 7.77. The first-order chi connectivity index (χ1) is 14.4. The van der Waals surface area contributed by atoms with E-state index < -0.39 is 0 Å². The van der Waals surface area contributed by atoms with Crippen LogP contribution in [-0.4, -0.2) is 12.9 Å². The average molecular weight is 441 g/mol. The Morgan fingerprint density at radius 3 is 2.47 bits per heavy atom. The molecule has 0 amide bonds. The molecule has 0 saturated carbocycles. The third kappa shape index (κ3) is 5.44. The Morgan fingerprint density at radius 1 is 0.933 bits per heavy atom. The van der Waals surface area contributed by atoms with E-state index in [9.17, 15) is 4.79 Å². The second-order valence-electron chi connectivity index (χ2n) is 6.96. The number of hydrogen-bond donors (Lipinski definition) is 0. The lowest BCUT2D eigenvalue weighted by atomic mass is 10.1. The van der Waals surface area contributed by atoms with E-state index >= 15 is 0 Å². The first kappa shape index (κ1) is 21.9. The Balaban J connectivity index is 1.78. The summed E-state index contributed by atoms with van der Waals surface area (Å²) >= 11 is 11.9. The number of benzene rings is 3. The highest BCUT2D eigenvalue weighted by Crippen LogP contribution is 2.26. The zero-order valence-electron chi connectivity index (χ0n) is 17.0. The van der Waals surface area contributed by atoms with E-state index in [0.29, 0.717) is 22.2 Å². The number of methoxy groups -OCH3 is 1. The van der Waals surface area contributed by atoms with Crippen molar-refractivity contribution in [3.8, 4) is 11.5 Å². The Bertz CT molecular complexity index is 1100. The summed E-state index contributed by atoms with van der Waals surface area (Å²) in [5, 5.41) is 0.770. The molecule has 0 aromatic heterocycles. The van der Waals surface area contributed by atoms with E-state index in [2.05, 4.69) is 6.07 Å². The van der Waals surface area contributed by atoms with Crippen molar-refractivity contribution in [3.63, 3.8) is 0 Å². The molecule has 0 fully saturated rings. The minimum atomic E-state index is -0.155. The molecule has 3 rings (SSSR count). The van der Waals surface area contributed by atoms with Crippen LogP contribution in [0.25, 0.3) is 6.08 Å². The molecule has 0 unspecified atom stereocenters. The van der Waals surface area contributed by atoms with Gasteiger partial charge in [0.15, 0.2) is 5.78 Å². The molecular weight excluding hydrogens is 419 g/mol. The van der Waals surface area contributed by atoms with Crippen LogP contribution in [0.5, 0.6) is 11.5 Å². The summed E-state index contributed by atoms with van der Waals surface area (Å²) in [5.74, 6) is 1.42. The Kier molecular flexibility index (Phi) is 7.20. The number of hydrogen-bond acceptors (Lipinski definition) is 3. The number of rotatable bonds is 7. The standard InChI is InChI=1S/C25H22Cl2O3/c1-16-4-5-17(2)25(12-16)30-15-20-13-18(7-11-24(20)29-3)6-10-23(28)19-8-9-21(26)22(27)14-19/h4-14H,15H2,1-3H3/b10-6+. The van der Waals surface area contributed by atoms with Crippen LogP contribution in [0, 0.1) is 13.8 Å². The monoisotopic (exact) mass is 440 g/mol. The van der Waals surface area contributed by atoms with Crippen LogP contribution in [0.3, 0.4) is 0 Å². The van der Waals surface area contributed by atoms with Crippen LogP contribution in [0.2, 0.25) is 10.0 Å². The number of carbonyl (C=O) groups excluding carboxylic acids is 1. The third-order valence-corrected chi connectivity index (χ3v) is 5.40. The molecule has 0 heterocycles. The molecule has 0 N–H and O–H groups in total. The molecule has 154 valence electrons. The number of allylic oxidation sites excluding steroid dienone is 1. The SMILES string of the molecule is COc1ccc(/C=C/C(=O)c2ccc(Cl)c(Cl)c2)cc1COc1cc(C)ccc1C. The van der Waals surface area contributed by atoms with Gasteiger partial charge in [-0.3, -0.25) is 4.79 Å². The normalized spacial score (nSPS) is 11.0. The van der Waals surface area contributed by atoms with E-state index in [1.54, 1.807) is 31.4 Å². The largest absolute Gasteiger partial charge is 0.496 e. The number of ketones is 1. The summed E-state index contributed by atoms with van der Waals surface area (Å²) < 4.78 is 11.5. The van der Waals surface area contributed by atoms with Crippen molar-refractivity contribution in [2.75, 3.05) is 7.11 Å². The van der Waals surface area contributed by atoms with Crippen molar-refractivity contribution in [3.05, 3.63) is 98.5 Å². The molecular formula is C25H22Cl2O3. The van der Waals surface area contributed by atoms with Gasteiger partial charge in [-0.25, -0.2) is 0 Å². The van der Waals surface area contributed by atoms with Gasteiger partial charge >= 0.3 is 0 Å². The molecule has 30 heavy (non-hydrogen) atoms. The topological polar surface area (TPSA) is 35.5 Å². The molecule has 0 bridgehead atoms. The molecule has 3 aromatic rings. The highest BCUT2D eigenvalue weighted by molar-refractivity contribution is 6.42. The predicted molar refractivity (Wildman–Crippen MR) is 123 cm³/mol. The Labute approximate surface area is 186 Å². The van der Waals surface area contributed by atoms with Crippen LogP contribution in [0.1, 0.15) is 32.6 Å². The quantitative estimate of drug-likeness (QED) is 0.290. The van der Waals surface area contributed by atoms with Crippen LogP contribution in [0.4, 0.5) is 0 Å². The molecule has 5 heteroatoms. The fourth-order valence-electron chi connectivity index (χ4n) is 2.95. The molecule has 0 atom stereocenters. The summed E-state index contributed by atoms with van der Waals surface area (Å²) in [6.45, 7) is 4.40. The van der Waals surface area contributed by atoms with Crippen LogP contribution in [0.15, 0.2) is 60.7 Å². The van der Waals surface area contributed by atoms with Gasteiger partial charge in [0.05, 0.1) is 17.2 Å². The molecule has 0 saturated heterocycles. The smallest absolute Gasteiger partial charge is 0.185 e. The van der Waals surface area contributed by atoms with Gasteiger partial charge in [0.25, 0.3) is 0 Å². The summed E-state index contributed by atoms with van der Waals surface area (Å²) in [5.41, 5.74) is 4.45. The summed E-state index contributed by atoms with van der Waals surface area (Å²) in [7, 11) is 1.63. The van der Waals surface area contributed by atoms with Crippen molar-refractivity contribution in [1.29, 1.82) is 0 Å². The number of halogens is 2. The second kappa shape index (κ2) is 9.84. The Hall–Kier alpha value is -2.75. The van der Waals surface area contributed by atoms with Crippen molar-refractivity contribution >= 4 is 35.1 Å². The number of carbonyl (C=O) groups is 1. The zero-order chi connectivity index (χ0) is 21.7. The van der Waals surface area contributed by atoms with Crippen LogP contribution in [-0.2, 0) is 6.61 Å². The molecule has 0 radical (unpaired) electrons.